The molecule has 2 N–H and O–H groups in total. The number of hydrogen-bond acceptors (Lipinski definition) is 4. The number of carbonyl (C=O) groups is 1. The van der Waals surface area contributed by atoms with Gasteiger partial charge in [-0.15, -0.1) is 0 Å². The molecular formula is C16H18NO5P. The molecule has 2 aromatic carbocycles. The van der Waals surface area contributed by atoms with Crippen LogP contribution in [0.3, 0.4) is 0 Å². The molecule has 0 bridgehead atoms. The third-order valence-corrected chi connectivity index (χ3v) is 3.49. The minimum Gasteiger partial charge on any atom is -0.445 e. The Labute approximate surface area is 135 Å². The van der Waals surface area contributed by atoms with Gasteiger partial charge in [-0.2, -0.15) is 0 Å². The lowest BCUT2D eigenvalue weighted by Gasteiger charge is -2.18. The first kappa shape index (κ1) is 17.2. The second-order valence-electron chi connectivity index (χ2n) is 4.75. The molecule has 0 aliphatic heterocycles. The van der Waals surface area contributed by atoms with E-state index in [0.29, 0.717) is 0 Å². The lowest BCUT2D eigenvalue weighted by atomic mass is 10.1. The molecule has 2 atom stereocenters. The maximum atomic E-state index is 11.9. The van der Waals surface area contributed by atoms with Crippen LogP contribution in [-0.2, 0) is 20.4 Å². The van der Waals surface area contributed by atoms with Crippen LogP contribution in [0.25, 0.3) is 0 Å². The van der Waals surface area contributed by atoms with Crippen molar-refractivity contribution >= 4 is 14.3 Å². The lowest BCUT2D eigenvalue weighted by Crippen LogP contribution is -2.31. The number of hydrogen-bond donors (Lipinski definition) is 2. The van der Waals surface area contributed by atoms with Gasteiger partial charge in [-0.05, 0) is 11.1 Å². The van der Waals surface area contributed by atoms with Crippen molar-refractivity contribution in [2.24, 2.45) is 0 Å². The molecule has 0 spiro atoms. The average molecular weight is 335 g/mol. The van der Waals surface area contributed by atoms with Gasteiger partial charge < -0.3 is 19.5 Å². The molecule has 122 valence electrons. The van der Waals surface area contributed by atoms with Crippen molar-refractivity contribution in [2.45, 2.75) is 12.6 Å². The zero-order valence-electron chi connectivity index (χ0n) is 12.3. The Morgan fingerprint density at radius 1 is 1.09 bits per heavy atom. The molecule has 0 fully saturated rings. The van der Waals surface area contributed by atoms with E-state index < -0.39 is 20.4 Å². The van der Waals surface area contributed by atoms with Gasteiger partial charge in [-0.1, -0.05) is 60.7 Å². The van der Waals surface area contributed by atoms with Gasteiger partial charge in [0.25, 0.3) is 0 Å². The SMILES string of the molecule is O=C(NC(CO[PH](=O)O)c1ccccc1)OCc1ccccc1. The number of alkyl carbamates (subject to hydrolysis) is 1. The van der Waals surface area contributed by atoms with Gasteiger partial charge in [0.05, 0.1) is 12.6 Å². The Morgan fingerprint density at radius 2 is 1.70 bits per heavy atom. The highest BCUT2D eigenvalue weighted by atomic mass is 31.1. The van der Waals surface area contributed by atoms with E-state index in [1.807, 2.05) is 36.4 Å². The van der Waals surface area contributed by atoms with Gasteiger partial charge in [0, 0.05) is 0 Å². The van der Waals surface area contributed by atoms with Gasteiger partial charge in [0.2, 0.25) is 0 Å². The molecule has 0 saturated carbocycles. The van der Waals surface area contributed by atoms with Crippen molar-refractivity contribution in [1.82, 2.24) is 5.32 Å². The third kappa shape index (κ3) is 6.24. The predicted octanol–water partition coefficient (Wildman–Crippen LogP) is 3.05. The second-order valence-corrected chi connectivity index (χ2v) is 5.57. The van der Waals surface area contributed by atoms with Crippen molar-refractivity contribution in [3.8, 4) is 0 Å². The van der Waals surface area contributed by atoms with E-state index in [1.165, 1.54) is 0 Å². The van der Waals surface area contributed by atoms with Crippen molar-refractivity contribution in [1.29, 1.82) is 0 Å². The van der Waals surface area contributed by atoms with Crippen LogP contribution in [0.2, 0.25) is 0 Å². The van der Waals surface area contributed by atoms with Gasteiger partial charge in [-0.25, -0.2) is 4.79 Å². The Hall–Kier alpha value is -2.14. The zero-order valence-corrected chi connectivity index (χ0v) is 13.3. The summed E-state index contributed by atoms with van der Waals surface area (Å²) in [4.78, 5) is 20.7. The van der Waals surface area contributed by atoms with Crippen LogP contribution in [0.15, 0.2) is 60.7 Å². The molecule has 0 heterocycles. The molecule has 6 nitrogen and oxygen atoms in total. The fourth-order valence-corrected chi connectivity index (χ4v) is 2.28. The van der Waals surface area contributed by atoms with E-state index in [9.17, 15) is 9.36 Å². The van der Waals surface area contributed by atoms with E-state index >= 15 is 0 Å². The number of carbonyl (C=O) groups excluding carboxylic acids is 1. The fraction of sp³-hybridized carbons (Fsp3) is 0.188. The summed E-state index contributed by atoms with van der Waals surface area (Å²) in [6, 6.07) is 17.8. The molecule has 0 saturated heterocycles. The number of benzene rings is 2. The number of nitrogens with one attached hydrogen (secondary N) is 1. The summed E-state index contributed by atoms with van der Waals surface area (Å²) in [5, 5.41) is 2.64. The summed E-state index contributed by atoms with van der Waals surface area (Å²) in [5.74, 6) is 0. The lowest BCUT2D eigenvalue weighted by molar-refractivity contribution is 0.130. The van der Waals surface area contributed by atoms with E-state index in [0.717, 1.165) is 11.1 Å². The third-order valence-electron chi connectivity index (χ3n) is 3.08. The van der Waals surface area contributed by atoms with Crippen LogP contribution in [0.4, 0.5) is 4.79 Å². The predicted molar refractivity (Wildman–Crippen MR) is 86.1 cm³/mol. The molecule has 2 unspecified atom stereocenters. The first-order valence-corrected chi connectivity index (χ1v) is 8.29. The Bertz CT molecular complexity index is 635. The highest BCUT2D eigenvalue weighted by Gasteiger charge is 2.16. The van der Waals surface area contributed by atoms with Gasteiger partial charge >= 0.3 is 14.3 Å². The summed E-state index contributed by atoms with van der Waals surface area (Å²) < 4.78 is 20.7. The quantitative estimate of drug-likeness (QED) is 0.760. The maximum absolute atomic E-state index is 11.9. The first-order valence-electron chi connectivity index (χ1n) is 7.03. The van der Waals surface area contributed by atoms with Crippen LogP contribution < -0.4 is 5.32 Å². The van der Waals surface area contributed by atoms with Crippen molar-refractivity contribution in [3.63, 3.8) is 0 Å². The standard InChI is InChI=1S/C16H18NO5P/c18-16(21-11-13-7-3-1-4-8-13)17-15(12-22-23(19)20)14-9-5-2-6-10-14/h1-10,15,23H,11-12H2,(H,17,18)(H,19,20). The summed E-state index contributed by atoms with van der Waals surface area (Å²) in [6.07, 6.45) is -0.621. The second kappa shape index (κ2) is 9.10. The van der Waals surface area contributed by atoms with E-state index in [4.69, 9.17) is 14.2 Å². The normalized spacial score (nSPS) is 13.1. The van der Waals surface area contributed by atoms with Gasteiger partial charge in [0.15, 0.2) is 0 Å². The number of rotatable bonds is 7. The van der Waals surface area contributed by atoms with Crippen molar-refractivity contribution in [2.75, 3.05) is 6.61 Å². The number of amides is 1. The molecule has 2 rings (SSSR count). The van der Waals surface area contributed by atoms with Crippen LogP contribution >= 0.6 is 8.25 Å². The molecule has 2 aromatic rings. The molecule has 23 heavy (non-hydrogen) atoms. The van der Waals surface area contributed by atoms with Crippen LogP contribution in [0.1, 0.15) is 17.2 Å². The monoisotopic (exact) mass is 335 g/mol. The topological polar surface area (TPSA) is 84.9 Å². The summed E-state index contributed by atoms with van der Waals surface area (Å²) >= 11 is 0. The number of ether oxygens (including phenoxy) is 1. The molecule has 0 aromatic heterocycles. The Morgan fingerprint density at radius 3 is 2.30 bits per heavy atom. The minimum absolute atomic E-state index is 0.112. The fourth-order valence-electron chi connectivity index (χ4n) is 1.97. The highest BCUT2D eigenvalue weighted by Crippen LogP contribution is 2.21. The van der Waals surface area contributed by atoms with Crippen molar-refractivity contribution < 1.29 is 23.5 Å². The molecule has 0 aliphatic carbocycles. The van der Waals surface area contributed by atoms with Gasteiger partial charge in [0.1, 0.15) is 6.61 Å². The van der Waals surface area contributed by atoms with Gasteiger partial charge in [-0.3, -0.25) is 4.57 Å². The average Bonchev–Trinajstić information content (AvgIpc) is 2.58. The minimum atomic E-state index is -3.07. The Kier molecular flexibility index (Phi) is 6.81. The zero-order chi connectivity index (χ0) is 16.5. The maximum Gasteiger partial charge on any atom is 0.408 e. The first-order chi connectivity index (χ1) is 11.1. The van der Waals surface area contributed by atoms with E-state index in [1.54, 1.807) is 24.3 Å². The molecule has 0 aliphatic rings. The summed E-state index contributed by atoms with van der Waals surface area (Å²) in [6.45, 7) is 0.0321. The van der Waals surface area contributed by atoms with Crippen molar-refractivity contribution in [3.05, 3.63) is 71.8 Å². The Balaban J connectivity index is 1.93. The highest BCUT2D eigenvalue weighted by molar-refractivity contribution is 7.32. The van der Waals surface area contributed by atoms with E-state index in [2.05, 4.69) is 5.32 Å². The molecule has 7 heteroatoms. The molecule has 0 radical (unpaired) electrons. The van der Waals surface area contributed by atoms with Crippen LogP contribution in [0, 0.1) is 0 Å². The van der Waals surface area contributed by atoms with Crippen LogP contribution in [-0.4, -0.2) is 17.6 Å². The smallest absolute Gasteiger partial charge is 0.408 e. The summed E-state index contributed by atoms with van der Waals surface area (Å²) in [7, 11) is -3.07. The largest absolute Gasteiger partial charge is 0.445 e. The molecular weight excluding hydrogens is 317 g/mol. The molecule has 1 amide bonds. The van der Waals surface area contributed by atoms with E-state index in [-0.39, 0.29) is 13.2 Å². The summed E-state index contributed by atoms with van der Waals surface area (Å²) in [5.41, 5.74) is 1.63. The van der Waals surface area contributed by atoms with Crippen LogP contribution in [0.5, 0.6) is 0 Å².